The number of likely N-dealkylation sites (tertiary alicyclic amines) is 1. The zero-order valence-corrected chi connectivity index (χ0v) is 16.7. The Balaban J connectivity index is 0.00000109. The zero-order chi connectivity index (χ0) is 19.9. The summed E-state index contributed by atoms with van der Waals surface area (Å²) in [6.07, 6.45) is 1.79. The van der Waals surface area contributed by atoms with Gasteiger partial charge in [-0.1, -0.05) is 13.8 Å². The maximum Gasteiger partial charge on any atom is 0.362 e. The Morgan fingerprint density at radius 1 is 1.21 bits per heavy atom. The van der Waals surface area contributed by atoms with Crippen molar-refractivity contribution in [2.75, 3.05) is 50.7 Å². The van der Waals surface area contributed by atoms with Gasteiger partial charge in [-0.2, -0.15) is 0 Å². The Kier molecular flexibility index (Phi) is 7.22. The number of halogens is 1. The topological polar surface area (TPSA) is 73.5 Å². The first-order valence-corrected chi connectivity index (χ1v) is 10.2. The van der Waals surface area contributed by atoms with Gasteiger partial charge in [-0.3, -0.25) is 9.84 Å². The second kappa shape index (κ2) is 9.84. The van der Waals surface area contributed by atoms with Gasteiger partial charge in [0.15, 0.2) is 0 Å². The van der Waals surface area contributed by atoms with Gasteiger partial charge in [0.2, 0.25) is 0 Å². The lowest BCUT2D eigenvalue weighted by atomic mass is 9.96. The standard InChI is InChI=1S/C18H24FN5O2.C2H6/c19-26-17(25)12-23-7-3-13(4-8-23)18-21-15-2-1-14(11-16(15)22-18)24-9-5-20-6-10-24;1-2/h1-2,11,13,20H,3-10,12H2,(H,21,22);1-2H3. The molecule has 1 aromatic heterocycles. The molecule has 7 nitrogen and oxygen atoms in total. The lowest BCUT2D eigenvalue weighted by Crippen LogP contribution is -2.43. The van der Waals surface area contributed by atoms with Crippen LogP contribution in [0.15, 0.2) is 18.2 Å². The normalized spacial score (nSPS) is 18.6. The summed E-state index contributed by atoms with van der Waals surface area (Å²) in [5, 5.41) is 3.37. The molecule has 4 rings (SSSR count). The first kappa shape index (κ1) is 20.5. The number of anilines is 1. The molecule has 0 bridgehead atoms. The van der Waals surface area contributed by atoms with E-state index in [4.69, 9.17) is 4.98 Å². The molecule has 8 heteroatoms. The van der Waals surface area contributed by atoms with Gasteiger partial charge in [-0.15, -0.1) is 0 Å². The van der Waals surface area contributed by atoms with Crippen LogP contribution in [0.3, 0.4) is 0 Å². The minimum absolute atomic E-state index is 0.0113. The van der Waals surface area contributed by atoms with E-state index in [1.54, 1.807) is 0 Å². The van der Waals surface area contributed by atoms with Crippen LogP contribution in [0.4, 0.5) is 10.2 Å². The molecule has 0 radical (unpaired) electrons. The van der Waals surface area contributed by atoms with Gasteiger partial charge in [0.25, 0.3) is 0 Å². The van der Waals surface area contributed by atoms with E-state index in [2.05, 4.69) is 38.3 Å². The highest BCUT2D eigenvalue weighted by Crippen LogP contribution is 2.29. The van der Waals surface area contributed by atoms with E-state index in [9.17, 15) is 9.32 Å². The Labute approximate surface area is 165 Å². The molecular weight excluding hydrogens is 361 g/mol. The molecule has 0 amide bonds. The Morgan fingerprint density at radius 3 is 2.61 bits per heavy atom. The maximum atomic E-state index is 11.9. The third-order valence-corrected chi connectivity index (χ3v) is 5.38. The van der Waals surface area contributed by atoms with E-state index >= 15 is 0 Å². The largest absolute Gasteiger partial charge is 0.369 e. The number of piperidine rings is 1. The van der Waals surface area contributed by atoms with Crippen LogP contribution in [0.25, 0.3) is 11.0 Å². The molecular formula is C20H30FN5O2. The van der Waals surface area contributed by atoms with Gasteiger partial charge >= 0.3 is 5.97 Å². The van der Waals surface area contributed by atoms with Crippen molar-refractivity contribution in [3.8, 4) is 0 Å². The Morgan fingerprint density at radius 2 is 1.93 bits per heavy atom. The molecule has 0 aliphatic carbocycles. The van der Waals surface area contributed by atoms with Crippen molar-refractivity contribution in [2.45, 2.75) is 32.6 Å². The summed E-state index contributed by atoms with van der Waals surface area (Å²) in [5.41, 5.74) is 3.29. The predicted octanol–water partition coefficient (Wildman–Crippen LogP) is 2.61. The third-order valence-electron chi connectivity index (χ3n) is 5.38. The number of carbonyl (C=O) groups is 1. The van der Waals surface area contributed by atoms with Crippen LogP contribution in [0.2, 0.25) is 0 Å². The number of nitrogens with zero attached hydrogens (tertiary/aromatic N) is 3. The van der Waals surface area contributed by atoms with Crippen LogP contribution in [0.5, 0.6) is 0 Å². The van der Waals surface area contributed by atoms with Crippen molar-refractivity contribution in [3.05, 3.63) is 24.0 Å². The molecule has 2 aromatic rings. The van der Waals surface area contributed by atoms with Crippen LogP contribution in [0, 0.1) is 0 Å². The molecule has 3 heterocycles. The smallest absolute Gasteiger partial charge is 0.362 e. The summed E-state index contributed by atoms with van der Waals surface area (Å²) in [7, 11) is 0. The number of hydrogen-bond acceptors (Lipinski definition) is 6. The second-order valence-electron chi connectivity index (χ2n) is 7.06. The van der Waals surface area contributed by atoms with E-state index in [1.165, 1.54) is 5.69 Å². The molecule has 0 atom stereocenters. The molecule has 2 N–H and O–H groups in total. The van der Waals surface area contributed by atoms with Gasteiger partial charge in [0.05, 0.1) is 11.0 Å². The van der Waals surface area contributed by atoms with Crippen molar-refractivity contribution in [1.29, 1.82) is 0 Å². The van der Waals surface area contributed by atoms with Crippen LogP contribution in [-0.2, 0) is 9.74 Å². The SMILES string of the molecule is CC.O=C(CN1CCC(c2nc3ccc(N4CCNCC4)cc3[nH]2)CC1)OF. The quantitative estimate of drug-likeness (QED) is 0.835. The van der Waals surface area contributed by atoms with Crippen LogP contribution >= 0.6 is 0 Å². The van der Waals surface area contributed by atoms with Crippen molar-refractivity contribution < 1.29 is 14.3 Å². The fourth-order valence-electron chi connectivity index (χ4n) is 3.90. The van der Waals surface area contributed by atoms with Crippen LogP contribution in [-0.4, -0.2) is 66.7 Å². The molecule has 1 aromatic carbocycles. The lowest BCUT2D eigenvalue weighted by Gasteiger charge is -2.29. The van der Waals surface area contributed by atoms with Crippen molar-refractivity contribution in [3.63, 3.8) is 0 Å². The number of hydrogen-bond donors (Lipinski definition) is 2. The molecule has 2 saturated heterocycles. The maximum absolute atomic E-state index is 11.9. The molecule has 28 heavy (non-hydrogen) atoms. The summed E-state index contributed by atoms with van der Waals surface area (Å²) < 4.78 is 11.9. The van der Waals surface area contributed by atoms with Gasteiger partial charge < -0.3 is 15.2 Å². The third kappa shape index (κ3) is 4.80. The van der Waals surface area contributed by atoms with Gasteiger partial charge in [-0.05, 0) is 44.1 Å². The lowest BCUT2D eigenvalue weighted by molar-refractivity contribution is -0.185. The van der Waals surface area contributed by atoms with E-state index < -0.39 is 5.97 Å². The van der Waals surface area contributed by atoms with E-state index in [1.807, 2.05) is 18.7 Å². The molecule has 0 unspecified atom stereocenters. The Bertz CT molecular complexity index is 767. The number of fused-ring (bicyclic) bond motifs is 1. The highest BCUT2D eigenvalue weighted by molar-refractivity contribution is 5.79. The van der Waals surface area contributed by atoms with Crippen LogP contribution in [0.1, 0.15) is 38.4 Å². The van der Waals surface area contributed by atoms with Gasteiger partial charge in [-0.25, -0.2) is 9.78 Å². The highest BCUT2D eigenvalue weighted by atomic mass is 19.3. The first-order valence-electron chi connectivity index (χ1n) is 10.2. The number of benzene rings is 1. The number of nitrogens with one attached hydrogen (secondary N) is 2. The number of piperazine rings is 1. The number of aromatic nitrogens is 2. The fourth-order valence-corrected chi connectivity index (χ4v) is 3.90. The fraction of sp³-hybridized carbons (Fsp3) is 0.600. The molecule has 2 aliphatic rings. The predicted molar refractivity (Wildman–Crippen MR) is 108 cm³/mol. The number of aromatic amines is 1. The van der Waals surface area contributed by atoms with E-state index in [0.717, 1.165) is 69.0 Å². The summed E-state index contributed by atoms with van der Waals surface area (Å²) in [5.74, 6) is 0.514. The number of imidazole rings is 1. The van der Waals surface area contributed by atoms with Gasteiger partial charge in [0.1, 0.15) is 12.4 Å². The molecule has 2 fully saturated rings. The monoisotopic (exact) mass is 391 g/mol. The molecule has 154 valence electrons. The zero-order valence-electron chi connectivity index (χ0n) is 16.7. The molecule has 0 spiro atoms. The minimum Gasteiger partial charge on any atom is -0.369 e. The van der Waals surface area contributed by atoms with E-state index in [-0.39, 0.29) is 6.54 Å². The second-order valence-corrected chi connectivity index (χ2v) is 7.06. The summed E-state index contributed by atoms with van der Waals surface area (Å²) >= 11 is 0. The summed E-state index contributed by atoms with van der Waals surface area (Å²) in [6, 6.07) is 6.41. The van der Waals surface area contributed by atoms with Crippen LogP contribution < -0.4 is 10.2 Å². The highest BCUT2D eigenvalue weighted by Gasteiger charge is 2.25. The van der Waals surface area contributed by atoms with Crippen molar-refractivity contribution in [2.24, 2.45) is 0 Å². The molecule has 0 saturated carbocycles. The average Bonchev–Trinajstić information content (AvgIpc) is 3.19. The average molecular weight is 391 g/mol. The Hall–Kier alpha value is -2.19. The number of H-pyrrole nitrogens is 1. The van der Waals surface area contributed by atoms with E-state index in [0.29, 0.717) is 5.92 Å². The van der Waals surface area contributed by atoms with Crippen molar-refractivity contribution in [1.82, 2.24) is 20.2 Å². The summed E-state index contributed by atoms with van der Waals surface area (Å²) in [4.78, 5) is 26.9. The number of carbonyl (C=O) groups excluding carboxylic acids is 1. The molecule has 2 aliphatic heterocycles. The van der Waals surface area contributed by atoms with Crippen molar-refractivity contribution >= 4 is 22.7 Å². The number of rotatable bonds is 4. The first-order chi connectivity index (χ1) is 13.7. The summed E-state index contributed by atoms with van der Waals surface area (Å²) in [6.45, 7) is 9.56. The van der Waals surface area contributed by atoms with Gasteiger partial charge in [0, 0.05) is 42.3 Å². The minimum atomic E-state index is -0.826.